The normalized spacial score (nSPS) is 15.1. The van der Waals surface area contributed by atoms with Crippen LogP contribution in [0, 0.1) is 0 Å². The van der Waals surface area contributed by atoms with E-state index in [1.54, 1.807) is 14.0 Å². The number of ether oxygens (including phenoxy) is 1. The van der Waals surface area contributed by atoms with Gasteiger partial charge in [-0.2, -0.15) is 0 Å². The third kappa shape index (κ3) is 4.10. The van der Waals surface area contributed by atoms with Crippen LogP contribution in [0.15, 0.2) is 0 Å². The molecule has 0 aromatic rings. The van der Waals surface area contributed by atoms with Crippen molar-refractivity contribution in [2.24, 2.45) is 0 Å². The van der Waals surface area contributed by atoms with Crippen molar-refractivity contribution in [1.82, 2.24) is 4.90 Å². The quantitative estimate of drug-likeness (QED) is 0.659. The molecule has 0 rings (SSSR count). The van der Waals surface area contributed by atoms with Gasteiger partial charge in [0.15, 0.2) is 0 Å². The van der Waals surface area contributed by atoms with Crippen LogP contribution in [0.4, 0.5) is 0 Å². The van der Waals surface area contributed by atoms with Crippen LogP contribution in [-0.2, 0) is 9.53 Å². The molecule has 0 heterocycles. The Kier molecular flexibility index (Phi) is 7.34. The van der Waals surface area contributed by atoms with Crippen molar-refractivity contribution < 1.29 is 14.6 Å². The lowest BCUT2D eigenvalue weighted by atomic mass is 9.95. The lowest BCUT2D eigenvalue weighted by molar-refractivity contribution is -0.151. The number of methoxy groups -OCH3 is 1. The molecule has 0 aromatic heterocycles. The molecule has 0 saturated heterocycles. The molecule has 0 aliphatic rings. The van der Waals surface area contributed by atoms with Crippen molar-refractivity contribution in [3.8, 4) is 0 Å². The Balaban J connectivity index is 4.62. The maximum absolute atomic E-state index is 11.4. The molecule has 0 radical (unpaired) electrons. The number of aliphatic carboxylic acids is 1. The van der Waals surface area contributed by atoms with E-state index in [0.717, 1.165) is 25.9 Å². The van der Waals surface area contributed by atoms with E-state index in [1.807, 2.05) is 11.8 Å². The second-order valence-corrected chi connectivity index (χ2v) is 4.26. The van der Waals surface area contributed by atoms with Gasteiger partial charge in [0.25, 0.3) is 0 Å². The summed E-state index contributed by atoms with van der Waals surface area (Å²) < 4.78 is 5.00. The summed E-state index contributed by atoms with van der Waals surface area (Å²) in [5.41, 5.74) is -0.806. The first-order chi connectivity index (χ1) is 7.52. The average molecular weight is 231 g/mol. The first kappa shape index (κ1) is 15.4. The number of carboxylic acid groups (broad SMARTS) is 1. The SMILES string of the molecule is CCCCN(CC)C(C)(CCOC)C(=O)O. The third-order valence-electron chi connectivity index (χ3n) is 3.11. The highest BCUT2D eigenvalue weighted by Gasteiger charge is 2.37. The van der Waals surface area contributed by atoms with Gasteiger partial charge in [-0.15, -0.1) is 0 Å². The minimum absolute atomic E-state index is 0.478. The van der Waals surface area contributed by atoms with Gasteiger partial charge in [-0.25, -0.2) is 0 Å². The van der Waals surface area contributed by atoms with Crippen LogP contribution in [0.1, 0.15) is 40.0 Å². The van der Waals surface area contributed by atoms with E-state index in [1.165, 1.54) is 0 Å². The highest BCUT2D eigenvalue weighted by atomic mass is 16.5. The number of hydrogen-bond acceptors (Lipinski definition) is 3. The molecule has 0 fully saturated rings. The summed E-state index contributed by atoms with van der Waals surface area (Å²) in [7, 11) is 1.60. The third-order valence-corrected chi connectivity index (χ3v) is 3.11. The number of rotatable bonds is 9. The lowest BCUT2D eigenvalue weighted by Gasteiger charge is -2.37. The monoisotopic (exact) mass is 231 g/mol. The molecule has 4 heteroatoms. The molecule has 1 N–H and O–H groups in total. The summed E-state index contributed by atoms with van der Waals surface area (Å²) in [6.45, 7) is 7.97. The molecule has 0 spiro atoms. The van der Waals surface area contributed by atoms with Gasteiger partial charge in [-0.1, -0.05) is 20.3 Å². The largest absolute Gasteiger partial charge is 0.480 e. The summed E-state index contributed by atoms with van der Waals surface area (Å²) in [4.78, 5) is 13.4. The van der Waals surface area contributed by atoms with E-state index in [2.05, 4.69) is 6.92 Å². The smallest absolute Gasteiger partial charge is 0.323 e. The second kappa shape index (κ2) is 7.63. The fourth-order valence-corrected chi connectivity index (χ4v) is 1.80. The predicted octanol–water partition coefficient (Wildman–Crippen LogP) is 1.99. The van der Waals surface area contributed by atoms with Crippen LogP contribution in [0.25, 0.3) is 0 Å². The Morgan fingerprint density at radius 3 is 2.44 bits per heavy atom. The predicted molar refractivity (Wildman–Crippen MR) is 64.7 cm³/mol. The molecule has 4 nitrogen and oxygen atoms in total. The van der Waals surface area contributed by atoms with E-state index < -0.39 is 11.5 Å². The number of likely N-dealkylation sites (N-methyl/N-ethyl adjacent to an activating group) is 1. The van der Waals surface area contributed by atoms with Gasteiger partial charge < -0.3 is 9.84 Å². The molecule has 0 aliphatic carbocycles. The molecule has 1 unspecified atom stereocenters. The zero-order valence-electron chi connectivity index (χ0n) is 11.0. The zero-order chi connectivity index (χ0) is 12.6. The Bertz CT molecular complexity index is 208. The van der Waals surface area contributed by atoms with Gasteiger partial charge >= 0.3 is 5.97 Å². The van der Waals surface area contributed by atoms with Gasteiger partial charge in [-0.05, 0) is 32.9 Å². The van der Waals surface area contributed by atoms with Crippen molar-refractivity contribution in [1.29, 1.82) is 0 Å². The van der Waals surface area contributed by atoms with Crippen LogP contribution in [0.3, 0.4) is 0 Å². The fraction of sp³-hybridized carbons (Fsp3) is 0.917. The van der Waals surface area contributed by atoms with Crippen LogP contribution >= 0.6 is 0 Å². The van der Waals surface area contributed by atoms with Gasteiger partial charge in [-0.3, -0.25) is 9.69 Å². The molecule has 16 heavy (non-hydrogen) atoms. The molecule has 0 bridgehead atoms. The Hall–Kier alpha value is -0.610. The van der Waals surface area contributed by atoms with Crippen molar-refractivity contribution in [2.45, 2.75) is 45.6 Å². The van der Waals surface area contributed by atoms with E-state index in [4.69, 9.17) is 4.74 Å². The number of carboxylic acids is 1. The maximum atomic E-state index is 11.4. The summed E-state index contributed by atoms with van der Waals surface area (Å²) in [6, 6.07) is 0. The average Bonchev–Trinajstić information content (AvgIpc) is 2.27. The molecule has 0 aliphatic heterocycles. The van der Waals surface area contributed by atoms with Gasteiger partial charge in [0, 0.05) is 13.7 Å². The number of nitrogens with zero attached hydrogens (tertiary/aromatic N) is 1. The van der Waals surface area contributed by atoms with Gasteiger partial charge in [0.2, 0.25) is 0 Å². The number of hydrogen-bond donors (Lipinski definition) is 1. The van der Waals surface area contributed by atoms with Gasteiger partial charge in [0.05, 0.1) is 0 Å². The molecular formula is C12H25NO3. The topological polar surface area (TPSA) is 49.8 Å². The highest BCUT2D eigenvalue weighted by Crippen LogP contribution is 2.20. The number of unbranched alkanes of at least 4 members (excludes halogenated alkanes) is 1. The molecule has 0 saturated carbocycles. The zero-order valence-corrected chi connectivity index (χ0v) is 11.0. The molecule has 1 atom stereocenters. The first-order valence-electron chi connectivity index (χ1n) is 6.00. The van der Waals surface area contributed by atoms with Gasteiger partial charge in [0.1, 0.15) is 5.54 Å². The van der Waals surface area contributed by atoms with Crippen LogP contribution in [0.2, 0.25) is 0 Å². The summed E-state index contributed by atoms with van der Waals surface area (Å²) in [5, 5.41) is 9.36. The van der Waals surface area contributed by atoms with Crippen molar-refractivity contribution in [3.63, 3.8) is 0 Å². The molecule has 0 aromatic carbocycles. The van der Waals surface area contributed by atoms with Crippen LogP contribution in [0.5, 0.6) is 0 Å². The van der Waals surface area contributed by atoms with Crippen molar-refractivity contribution in [2.75, 3.05) is 26.8 Å². The maximum Gasteiger partial charge on any atom is 0.323 e. The van der Waals surface area contributed by atoms with Crippen LogP contribution < -0.4 is 0 Å². The van der Waals surface area contributed by atoms with Crippen LogP contribution in [-0.4, -0.2) is 48.3 Å². The minimum atomic E-state index is -0.806. The Morgan fingerprint density at radius 1 is 1.44 bits per heavy atom. The molecule has 96 valence electrons. The van der Waals surface area contributed by atoms with E-state index in [9.17, 15) is 9.90 Å². The summed E-state index contributed by atoms with van der Waals surface area (Å²) in [5.74, 6) is -0.762. The first-order valence-corrected chi connectivity index (χ1v) is 6.00. The van der Waals surface area contributed by atoms with E-state index in [0.29, 0.717) is 13.0 Å². The summed E-state index contributed by atoms with van der Waals surface area (Å²) in [6.07, 6.45) is 2.64. The van der Waals surface area contributed by atoms with Crippen molar-refractivity contribution >= 4 is 5.97 Å². The minimum Gasteiger partial charge on any atom is -0.480 e. The van der Waals surface area contributed by atoms with Crippen molar-refractivity contribution in [3.05, 3.63) is 0 Å². The molecular weight excluding hydrogens is 206 g/mol. The Labute approximate surface area is 98.6 Å². The highest BCUT2D eigenvalue weighted by molar-refractivity contribution is 5.78. The standard InChI is InChI=1S/C12H25NO3/c1-5-7-9-13(6-2)12(3,11(14)15)8-10-16-4/h5-10H2,1-4H3,(H,14,15). The Morgan fingerprint density at radius 2 is 2.06 bits per heavy atom. The lowest BCUT2D eigenvalue weighted by Crippen LogP contribution is -2.53. The number of carbonyl (C=O) groups is 1. The summed E-state index contributed by atoms with van der Waals surface area (Å²) >= 11 is 0. The van der Waals surface area contributed by atoms with E-state index in [-0.39, 0.29) is 0 Å². The second-order valence-electron chi connectivity index (χ2n) is 4.26. The molecule has 0 amide bonds. The van der Waals surface area contributed by atoms with E-state index >= 15 is 0 Å². The fourth-order valence-electron chi connectivity index (χ4n) is 1.80.